The van der Waals surface area contributed by atoms with E-state index in [1.807, 2.05) is 18.2 Å². The van der Waals surface area contributed by atoms with Gasteiger partial charge < -0.3 is 15.4 Å². The van der Waals surface area contributed by atoms with E-state index in [2.05, 4.69) is 31.7 Å². The first kappa shape index (κ1) is 14.8. The first-order valence-corrected chi connectivity index (χ1v) is 6.81. The Hall–Kier alpha value is -1.22. The molecule has 0 saturated heterocycles. The summed E-state index contributed by atoms with van der Waals surface area (Å²) in [4.78, 5) is 2.33. The zero-order valence-electron chi connectivity index (χ0n) is 11.9. The molecular formula is C15H26N2O. The number of ether oxygens (including phenoxy) is 1. The lowest BCUT2D eigenvalue weighted by Gasteiger charge is -2.24. The minimum Gasteiger partial charge on any atom is -0.399 e. The van der Waals surface area contributed by atoms with Crippen molar-refractivity contribution >= 4 is 11.4 Å². The summed E-state index contributed by atoms with van der Waals surface area (Å²) in [6.45, 7) is 10.1. The fraction of sp³-hybridized carbons (Fsp3) is 0.600. The van der Waals surface area contributed by atoms with Gasteiger partial charge in [0.2, 0.25) is 0 Å². The van der Waals surface area contributed by atoms with Gasteiger partial charge in [-0.25, -0.2) is 0 Å². The van der Waals surface area contributed by atoms with Crippen molar-refractivity contribution in [2.75, 3.05) is 36.9 Å². The van der Waals surface area contributed by atoms with Crippen molar-refractivity contribution < 1.29 is 4.74 Å². The summed E-state index contributed by atoms with van der Waals surface area (Å²) in [5.41, 5.74) is 7.83. The van der Waals surface area contributed by atoms with Crippen molar-refractivity contribution in [1.82, 2.24) is 0 Å². The second-order valence-electron chi connectivity index (χ2n) is 5.05. The number of anilines is 2. The van der Waals surface area contributed by atoms with Gasteiger partial charge in [-0.15, -0.1) is 0 Å². The summed E-state index contributed by atoms with van der Waals surface area (Å²) in [7, 11) is 0. The second-order valence-corrected chi connectivity index (χ2v) is 5.05. The van der Waals surface area contributed by atoms with Crippen LogP contribution in [0.1, 0.15) is 27.2 Å². The van der Waals surface area contributed by atoms with E-state index in [1.54, 1.807) is 0 Å². The van der Waals surface area contributed by atoms with Crippen LogP contribution >= 0.6 is 0 Å². The molecule has 0 bridgehead atoms. The Labute approximate surface area is 111 Å². The lowest BCUT2D eigenvalue weighted by molar-refractivity contribution is 0.115. The van der Waals surface area contributed by atoms with E-state index >= 15 is 0 Å². The average molecular weight is 250 g/mol. The van der Waals surface area contributed by atoms with Gasteiger partial charge >= 0.3 is 0 Å². The smallest absolute Gasteiger partial charge is 0.0641 e. The number of nitrogens with two attached hydrogens (primary N) is 1. The topological polar surface area (TPSA) is 38.5 Å². The molecule has 0 spiro atoms. The van der Waals surface area contributed by atoms with Gasteiger partial charge in [-0.3, -0.25) is 0 Å². The number of hydrogen-bond acceptors (Lipinski definition) is 3. The number of nitrogens with zero attached hydrogens (tertiary/aromatic N) is 1. The Kier molecular flexibility index (Phi) is 6.58. The third kappa shape index (κ3) is 5.41. The zero-order valence-corrected chi connectivity index (χ0v) is 11.9. The first-order valence-electron chi connectivity index (χ1n) is 6.81. The highest BCUT2D eigenvalue weighted by atomic mass is 16.5. The van der Waals surface area contributed by atoms with Gasteiger partial charge in [-0.2, -0.15) is 0 Å². The third-order valence-corrected chi connectivity index (χ3v) is 2.69. The lowest BCUT2D eigenvalue weighted by Crippen LogP contribution is -2.28. The van der Waals surface area contributed by atoms with Crippen LogP contribution in [-0.4, -0.2) is 26.3 Å². The molecule has 0 amide bonds. The molecule has 1 aromatic rings. The normalized spacial score (nSPS) is 10.9. The molecule has 0 fully saturated rings. The van der Waals surface area contributed by atoms with E-state index < -0.39 is 0 Å². The first-order chi connectivity index (χ1) is 8.63. The molecule has 1 rings (SSSR count). The van der Waals surface area contributed by atoms with E-state index in [4.69, 9.17) is 10.5 Å². The highest BCUT2D eigenvalue weighted by Gasteiger charge is 2.05. The monoisotopic (exact) mass is 250 g/mol. The van der Waals surface area contributed by atoms with Gasteiger partial charge in [0, 0.05) is 31.1 Å². The molecule has 0 radical (unpaired) electrons. The Morgan fingerprint density at radius 1 is 1.28 bits per heavy atom. The summed E-state index contributed by atoms with van der Waals surface area (Å²) >= 11 is 0. The Bertz CT molecular complexity index is 339. The zero-order chi connectivity index (χ0) is 13.4. The van der Waals surface area contributed by atoms with E-state index in [1.165, 1.54) is 5.69 Å². The van der Waals surface area contributed by atoms with Crippen molar-refractivity contribution in [2.45, 2.75) is 27.2 Å². The Morgan fingerprint density at radius 2 is 2.06 bits per heavy atom. The molecule has 1 aromatic carbocycles. The van der Waals surface area contributed by atoms with Gasteiger partial charge in [0.25, 0.3) is 0 Å². The second kappa shape index (κ2) is 7.98. The van der Waals surface area contributed by atoms with Crippen LogP contribution in [0, 0.1) is 5.92 Å². The van der Waals surface area contributed by atoms with Crippen LogP contribution in [0.15, 0.2) is 24.3 Å². The molecular weight excluding hydrogens is 224 g/mol. The van der Waals surface area contributed by atoms with E-state index in [9.17, 15) is 0 Å². The molecule has 0 aliphatic carbocycles. The van der Waals surface area contributed by atoms with Crippen molar-refractivity contribution in [2.24, 2.45) is 5.92 Å². The van der Waals surface area contributed by atoms with E-state index in [0.29, 0.717) is 5.92 Å². The predicted octanol–water partition coefficient (Wildman–Crippen LogP) is 3.16. The molecule has 102 valence electrons. The predicted molar refractivity (Wildman–Crippen MR) is 79.0 cm³/mol. The van der Waals surface area contributed by atoms with E-state index in [-0.39, 0.29) is 0 Å². The maximum Gasteiger partial charge on any atom is 0.0641 e. The van der Waals surface area contributed by atoms with Crippen LogP contribution in [0.25, 0.3) is 0 Å². The SMILES string of the molecule is CCCN(CCOCC(C)C)c1cccc(N)c1. The van der Waals surface area contributed by atoms with Gasteiger partial charge in [-0.1, -0.05) is 26.8 Å². The fourth-order valence-corrected chi connectivity index (χ4v) is 1.86. The number of rotatable bonds is 8. The van der Waals surface area contributed by atoms with Gasteiger partial charge in [0.1, 0.15) is 0 Å². The molecule has 0 aliphatic rings. The molecule has 18 heavy (non-hydrogen) atoms. The summed E-state index contributed by atoms with van der Waals surface area (Å²) in [5.74, 6) is 0.594. The number of nitrogen functional groups attached to an aromatic ring is 1. The quantitative estimate of drug-likeness (QED) is 0.569. The van der Waals surface area contributed by atoms with Gasteiger partial charge in [-0.05, 0) is 30.5 Å². The Morgan fingerprint density at radius 3 is 2.67 bits per heavy atom. The number of hydrogen-bond donors (Lipinski definition) is 1. The van der Waals surface area contributed by atoms with Crippen molar-refractivity contribution in [1.29, 1.82) is 0 Å². The molecule has 0 unspecified atom stereocenters. The van der Waals surface area contributed by atoms with Crippen LogP contribution in [0.3, 0.4) is 0 Å². The molecule has 3 nitrogen and oxygen atoms in total. The van der Waals surface area contributed by atoms with Crippen molar-refractivity contribution in [3.63, 3.8) is 0 Å². The largest absolute Gasteiger partial charge is 0.399 e. The van der Waals surface area contributed by atoms with Crippen LogP contribution in [-0.2, 0) is 4.74 Å². The molecule has 0 saturated carbocycles. The lowest BCUT2D eigenvalue weighted by atomic mass is 10.2. The minimum absolute atomic E-state index is 0.594. The third-order valence-electron chi connectivity index (χ3n) is 2.69. The highest BCUT2D eigenvalue weighted by Crippen LogP contribution is 2.17. The molecule has 0 aliphatic heterocycles. The maximum absolute atomic E-state index is 5.83. The van der Waals surface area contributed by atoms with Crippen LogP contribution < -0.4 is 10.6 Å². The van der Waals surface area contributed by atoms with Crippen LogP contribution in [0.2, 0.25) is 0 Å². The minimum atomic E-state index is 0.594. The van der Waals surface area contributed by atoms with Crippen LogP contribution in [0.5, 0.6) is 0 Å². The molecule has 3 heteroatoms. The van der Waals surface area contributed by atoms with Gasteiger partial charge in [0.05, 0.1) is 6.61 Å². The molecule has 0 atom stereocenters. The fourth-order valence-electron chi connectivity index (χ4n) is 1.86. The highest BCUT2D eigenvalue weighted by molar-refractivity contribution is 5.55. The maximum atomic E-state index is 5.83. The summed E-state index contributed by atoms with van der Waals surface area (Å²) in [6.07, 6.45) is 1.12. The van der Waals surface area contributed by atoms with Crippen molar-refractivity contribution in [3.8, 4) is 0 Å². The molecule has 2 N–H and O–H groups in total. The number of benzene rings is 1. The standard InChI is InChI=1S/C15H26N2O/c1-4-8-17(9-10-18-12-13(2)3)15-7-5-6-14(16)11-15/h5-7,11,13H,4,8-10,12,16H2,1-3H3. The summed E-state index contributed by atoms with van der Waals surface area (Å²) in [6, 6.07) is 8.05. The van der Waals surface area contributed by atoms with Crippen LogP contribution in [0.4, 0.5) is 11.4 Å². The van der Waals surface area contributed by atoms with Crippen molar-refractivity contribution in [3.05, 3.63) is 24.3 Å². The van der Waals surface area contributed by atoms with Gasteiger partial charge in [0.15, 0.2) is 0 Å². The summed E-state index contributed by atoms with van der Waals surface area (Å²) in [5, 5.41) is 0. The average Bonchev–Trinajstić information content (AvgIpc) is 2.33. The summed E-state index contributed by atoms with van der Waals surface area (Å²) < 4.78 is 5.65. The molecule has 0 heterocycles. The molecule has 0 aromatic heterocycles. The van der Waals surface area contributed by atoms with E-state index in [0.717, 1.165) is 38.4 Å². The Balaban J connectivity index is 2.49.